The van der Waals surface area contributed by atoms with Gasteiger partial charge in [0.05, 0.1) is 6.20 Å². The number of alkyl halides is 7. The molecule has 0 aliphatic carbocycles. The average molecular weight is 348 g/mol. The summed E-state index contributed by atoms with van der Waals surface area (Å²) in [6.07, 6.45) is 2.83. The van der Waals surface area contributed by atoms with Crippen molar-refractivity contribution in [3.05, 3.63) is 38.0 Å². The van der Waals surface area contributed by atoms with E-state index in [-0.39, 0.29) is 0 Å². The fraction of sp³-hybridized carbons (Fsp3) is 0.333. The summed E-state index contributed by atoms with van der Waals surface area (Å²) in [6.45, 7) is 8.11. The maximum absolute atomic E-state index is 11.7. The zero-order valence-electron chi connectivity index (χ0n) is 11.4. The van der Waals surface area contributed by atoms with Gasteiger partial charge in [-0.05, 0) is 0 Å². The number of carboxylic acids is 1. The lowest BCUT2D eigenvalue weighted by molar-refractivity contribution is -0.686. The SMILES string of the molecule is C=CC[n+]1ccn(C=C)c1.O=C([O-])C(F)(F)C(F)(F)C(F)(F)F. The van der Waals surface area contributed by atoms with Gasteiger partial charge in [0, 0.05) is 0 Å². The van der Waals surface area contributed by atoms with Crippen LogP contribution in [-0.2, 0) is 11.3 Å². The third-order valence-corrected chi connectivity index (χ3v) is 2.27. The fourth-order valence-corrected chi connectivity index (χ4v) is 1.08. The fourth-order valence-electron chi connectivity index (χ4n) is 1.08. The number of aromatic nitrogens is 2. The predicted octanol–water partition coefficient (Wildman–Crippen LogP) is 1.63. The summed E-state index contributed by atoms with van der Waals surface area (Å²) < 4.78 is 84.1. The van der Waals surface area contributed by atoms with E-state index >= 15 is 0 Å². The molecule has 0 fully saturated rings. The van der Waals surface area contributed by atoms with Crippen molar-refractivity contribution in [2.24, 2.45) is 0 Å². The van der Waals surface area contributed by atoms with Crippen molar-refractivity contribution in [1.29, 1.82) is 0 Å². The molecule has 4 nitrogen and oxygen atoms in total. The predicted molar refractivity (Wildman–Crippen MR) is 62.2 cm³/mol. The summed E-state index contributed by atoms with van der Waals surface area (Å²) in [7, 11) is 0. The van der Waals surface area contributed by atoms with Crippen LogP contribution in [0.1, 0.15) is 0 Å². The molecule has 0 radical (unpaired) electrons. The van der Waals surface area contributed by atoms with Crippen molar-refractivity contribution >= 4 is 12.2 Å². The van der Waals surface area contributed by atoms with E-state index in [2.05, 4.69) is 13.2 Å². The van der Waals surface area contributed by atoms with Gasteiger partial charge in [-0.25, -0.2) is 9.13 Å². The molecule has 1 heterocycles. The second-order valence-electron chi connectivity index (χ2n) is 3.96. The highest BCUT2D eigenvalue weighted by molar-refractivity contribution is 5.74. The van der Waals surface area contributed by atoms with Crippen molar-refractivity contribution < 1.29 is 45.2 Å². The molecule has 0 bridgehead atoms. The monoisotopic (exact) mass is 348 g/mol. The van der Waals surface area contributed by atoms with Gasteiger partial charge in [-0.2, -0.15) is 30.7 Å². The van der Waals surface area contributed by atoms with Crippen LogP contribution in [0.3, 0.4) is 0 Å². The Labute approximate surface area is 125 Å². The lowest BCUT2D eigenvalue weighted by atomic mass is 10.1. The van der Waals surface area contributed by atoms with Crippen molar-refractivity contribution in [3.8, 4) is 0 Å². The molecule has 0 N–H and O–H groups in total. The van der Waals surface area contributed by atoms with Gasteiger partial charge in [0.15, 0.2) is 0 Å². The van der Waals surface area contributed by atoms with Gasteiger partial charge in [0.25, 0.3) is 0 Å². The molecule has 0 unspecified atom stereocenters. The van der Waals surface area contributed by atoms with Crippen LogP contribution in [0.4, 0.5) is 30.7 Å². The molecule has 130 valence electrons. The molecule has 0 spiro atoms. The average Bonchev–Trinajstić information content (AvgIpc) is 2.86. The number of nitrogens with zero attached hydrogens (tertiary/aromatic N) is 2. The number of rotatable bonds is 5. The molecular weight excluding hydrogens is 337 g/mol. The molecule has 1 aromatic heterocycles. The van der Waals surface area contributed by atoms with Gasteiger partial charge in [0.1, 0.15) is 24.9 Å². The minimum absolute atomic E-state index is 0.848. The first kappa shape index (κ1) is 20.7. The van der Waals surface area contributed by atoms with Gasteiger partial charge in [-0.3, -0.25) is 0 Å². The number of carbonyl (C=O) groups excluding carboxylic acids is 1. The number of carbonyl (C=O) groups is 1. The number of imidazole rings is 1. The molecule has 1 rings (SSSR count). The summed E-state index contributed by atoms with van der Waals surface area (Å²) in [5.41, 5.74) is 0. The first-order valence-electron chi connectivity index (χ1n) is 5.65. The zero-order chi connectivity index (χ0) is 18.5. The lowest BCUT2D eigenvalue weighted by Crippen LogP contribution is -2.60. The van der Waals surface area contributed by atoms with Crippen LogP contribution >= 0.6 is 0 Å². The first-order valence-corrected chi connectivity index (χ1v) is 5.65. The van der Waals surface area contributed by atoms with Crippen LogP contribution in [0, 0.1) is 0 Å². The van der Waals surface area contributed by atoms with Gasteiger partial charge >= 0.3 is 18.0 Å². The molecule has 11 heteroatoms. The summed E-state index contributed by atoms with van der Waals surface area (Å²) in [6, 6.07) is 0. The van der Waals surface area contributed by atoms with Crippen LogP contribution in [-0.4, -0.2) is 28.6 Å². The van der Waals surface area contributed by atoms with Crippen molar-refractivity contribution in [1.82, 2.24) is 4.57 Å². The maximum Gasteiger partial charge on any atom is 0.460 e. The molecule has 0 aromatic carbocycles. The minimum Gasteiger partial charge on any atom is -0.544 e. The topological polar surface area (TPSA) is 48.9 Å². The Kier molecular flexibility index (Phi) is 6.55. The quantitative estimate of drug-likeness (QED) is 0.461. The van der Waals surface area contributed by atoms with Crippen LogP contribution in [0.15, 0.2) is 38.0 Å². The highest BCUT2D eigenvalue weighted by Gasteiger charge is 2.73. The van der Waals surface area contributed by atoms with Crippen LogP contribution in [0.2, 0.25) is 0 Å². The lowest BCUT2D eigenvalue weighted by Gasteiger charge is -2.28. The summed E-state index contributed by atoms with van der Waals surface area (Å²) in [5.74, 6) is -16.7. The molecule has 0 atom stereocenters. The van der Waals surface area contributed by atoms with Gasteiger partial charge in [0.2, 0.25) is 6.33 Å². The Morgan fingerprint density at radius 1 is 1.17 bits per heavy atom. The van der Waals surface area contributed by atoms with Gasteiger partial charge in [-0.15, -0.1) is 0 Å². The van der Waals surface area contributed by atoms with E-state index in [1.807, 2.05) is 33.9 Å². The molecule has 0 aliphatic heterocycles. The second kappa shape index (κ2) is 7.29. The molecule has 0 amide bonds. The third kappa shape index (κ3) is 4.83. The van der Waals surface area contributed by atoms with Gasteiger partial charge < -0.3 is 9.90 Å². The van der Waals surface area contributed by atoms with Crippen molar-refractivity contribution in [3.63, 3.8) is 0 Å². The highest BCUT2D eigenvalue weighted by atomic mass is 19.4. The molecule has 23 heavy (non-hydrogen) atoms. The number of halogens is 7. The first-order chi connectivity index (χ1) is 10.3. The minimum atomic E-state index is -6.64. The van der Waals surface area contributed by atoms with E-state index in [1.165, 1.54) is 0 Å². The molecule has 0 saturated carbocycles. The summed E-state index contributed by atoms with van der Waals surface area (Å²) in [5, 5.41) is 9.27. The van der Waals surface area contributed by atoms with Gasteiger partial charge in [-0.1, -0.05) is 19.2 Å². The van der Waals surface area contributed by atoms with Crippen molar-refractivity contribution in [2.75, 3.05) is 0 Å². The molecule has 0 saturated heterocycles. The van der Waals surface area contributed by atoms with Crippen LogP contribution < -0.4 is 9.67 Å². The third-order valence-electron chi connectivity index (χ3n) is 2.27. The Bertz CT molecular complexity index is 564. The normalized spacial score (nSPS) is 12.1. The number of hydrogen-bond acceptors (Lipinski definition) is 2. The molecule has 0 aliphatic rings. The standard InChI is InChI=1S/C8H11N2.C4HF7O2/c1-3-5-10-7-6-9(4-2)8-10;5-2(6,1(12)13)3(7,8)4(9,10)11/h3-4,6-8H,1-2,5H2;(H,12,13)/q+1;/p-1. The van der Waals surface area contributed by atoms with E-state index in [4.69, 9.17) is 0 Å². The van der Waals surface area contributed by atoms with E-state index in [9.17, 15) is 40.6 Å². The Hall–Kier alpha value is -2.33. The smallest absolute Gasteiger partial charge is 0.460 e. The number of hydrogen-bond donors (Lipinski definition) is 0. The van der Waals surface area contributed by atoms with Crippen LogP contribution in [0.5, 0.6) is 0 Å². The Morgan fingerprint density at radius 2 is 1.70 bits per heavy atom. The maximum atomic E-state index is 11.7. The number of carboxylic acid groups (broad SMARTS) is 1. The Balaban J connectivity index is 0.000000433. The largest absolute Gasteiger partial charge is 0.544 e. The van der Waals surface area contributed by atoms with Crippen molar-refractivity contribution in [2.45, 2.75) is 24.6 Å². The highest BCUT2D eigenvalue weighted by Crippen LogP contribution is 2.46. The number of allylic oxidation sites excluding steroid dienone is 1. The number of aliphatic carboxylic acids is 1. The van der Waals surface area contributed by atoms with E-state index in [0.29, 0.717) is 0 Å². The van der Waals surface area contributed by atoms with E-state index in [0.717, 1.165) is 6.54 Å². The Morgan fingerprint density at radius 3 is 1.96 bits per heavy atom. The summed E-state index contributed by atoms with van der Waals surface area (Å²) >= 11 is 0. The second-order valence-corrected chi connectivity index (χ2v) is 3.96. The molecule has 1 aromatic rings. The molecular formula is C12H11F7N2O2. The zero-order valence-corrected chi connectivity index (χ0v) is 11.4. The summed E-state index contributed by atoms with van der Waals surface area (Å²) in [4.78, 5) is 9.27. The van der Waals surface area contributed by atoms with E-state index in [1.54, 1.807) is 6.20 Å². The van der Waals surface area contributed by atoms with E-state index < -0.39 is 24.0 Å². The van der Waals surface area contributed by atoms with Crippen LogP contribution in [0.25, 0.3) is 6.20 Å².